The highest BCUT2D eigenvalue weighted by molar-refractivity contribution is 5.95. The van der Waals surface area contributed by atoms with E-state index in [1.807, 2.05) is 0 Å². The van der Waals surface area contributed by atoms with Crippen LogP contribution in [-0.2, 0) is 0 Å². The van der Waals surface area contributed by atoms with E-state index in [4.69, 9.17) is 4.74 Å². The molecule has 2 aromatic rings. The van der Waals surface area contributed by atoms with Gasteiger partial charge in [0.05, 0.1) is 7.11 Å². The Hall–Kier alpha value is -3.16. The lowest BCUT2D eigenvalue weighted by Gasteiger charge is -2.22. The fourth-order valence-corrected chi connectivity index (χ4v) is 2.87. The molecule has 1 aliphatic heterocycles. The SMILES string of the molecule is COc1ccc(C(=O)N2CCCN(C(=O)c3ccc(=O)[nH]n3)CC2)cc1. The number of hydrogen-bond acceptors (Lipinski definition) is 5. The molecule has 1 saturated heterocycles. The lowest BCUT2D eigenvalue weighted by atomic mass is 10.2. The van der Waals surface area contributed by atoms with Gasteiger partial charge in [-0.05, 0) is 36.8 Å². The molecule has 1 aromatic heterocycles. The van der Waals surface area contributed by atoms with Crippen LogP contribution < -0.4 is 10.3 Å². The van der Waals surface area contributed by atoms with E-state index < -0.39 is 0 Å². The predicted octanol–water partition coefficient (Wildman–Crippen LogP) is 0.767. The van der Waals surface area contributed by atoms with Crippen LogP contribution in [0.2, 0.25) is 0 Å². The van der Waals surface area contributed by atoms with Gasteiger partial charge in [-0.1, -0.05) is 0 Å². The predicted molar refractivity (Wildman–Crippen MR) is 94.3 cm³/mol. The summed E-state index contributed by atoms with van der Waals surface area (Å²) in [7, 11) is 1.58. The van der Waals surface area contributed by atoms with Gasteiger partial charge in [0.15, 0.2) is 0 Å². The van der Waals surface area contributed by atoms with Gasteiger partial charge in [-0.3, -0.25) is 14.4 Å². The number of rotatable bonds is 3. The van der Waals surface area contributed by atoms with Gasteiger partial charge in [0, 0.05) is 37.8 Å². The van der Waals surface area contributed by atoms with E-state index in [1.165, 1.54) is 12.1 Å². The zero-order valence-electron chi connectivity index (χ0n) is 14.5. The summed E-state index contributed by atoms with van der Waals surface area (Å²) in [5.74, 6) is 0.381. The van der Waals surface area contributed by atoms with Gasteiger partial charge in [0.2, 0.25) is 0 Å². The Labute approximate surface area is 150 Å². The van der Waals surface area contributed by atoms with E-state index in [0.29, 0.717) is 43.9 Å². The Morgan fingerprint density at radius 2 is 1.62 bits per heavy atom. The molecule has 1 N–H and O–H groups in total. The fraction of sp³-hybridized carbons (Fsp3) is 0.333. The third-order valence-corrected chi connectivity index (χ3v) is 4.31. The van der Waals surface area contributed by atoms with Gasteiger partial charge in [-0.25, -0.2) is 5.10 Å². The summed E-state index contributed by atoms with van der Waals surface area (Å²) in [4.78, 5) is 39.6. The maximum atomic E-state index is 12.7. The molecule has 1 aliphatic rings. The van der Waals surface area contributed by atoms with E-state index in [0.717, 1.165) is 0 Å². The van der Waals surface area contributed by atoms with Crippen molar-refractivity contribution in [3.63, 3.8) is 0 Å². The maximum Gasteiger partial charge on any atom is 0.274 e. The molecule has 0 atom stereocenters. The number of aromatic amines is 1. The average Bonchev–Trinajstić information content (AvgIpc) is 2.94. The average molecular weight is 356 g/mol. The minimum absolute atomic E-state index is 0.0656. The zero-order valence-corrected chi connectivity index (χ0v) is 14.5. The van der Waals surface area contributed by atoms with E-state index in [1.54, 1.807) is 41.2 Å². The molecule has 1 aromatic carbocycles. The largest absolute Gasteiger partial charge is 0.497 e. The Kier molecular flexibility index (Phi) is 5.31. The number of amides is 2. The van der Waals surface area contributed by atoms with Gasteiger partial charge >= 0.3 is 0 Å². The van der Waals surface area contributed by atoms with Crippen LogP contribution in [0, 0.1) is 0 Å². The molecule has 0 unspecified atom stereocenters. The molecule has 8 nitrogen and oxygen atoms in total. The highest BCUT2D eigenvalue weighted by atomic mass is 16.5. The number of nitrogens with zero attached hydrogens (tertiary/aromatic N) is 3. The molecule has 0 spiro atoms. The molecule has 8 heteroatoms. The van der Waals surface area contributed by atoms with Crippen molar-refractivity contribution in [1.82, 2.24) is 20.0 Å². The quantitative estimate of drug-likeness (QED) is 0.876. The Bertz CT molecular complexity index is 827. The lowest BCUT2D eigenvalue weighted by Crippen LogP contribution is -2.37. The van der Waals surface area contributed by atoms with Gasteiger partial charge < -0.3 is 14.5 Å². The summed E-state index contributed by atoms with van der Waals surface area (Å²) in [6.07, 6.45) is 0.678. The first kappa shape index (κ1) is 17.7. The number of nitrogens with one attached hydrogen (secondary N) is 1. The summed E-state index contributed by atoms with van der Waals surface area (Å²) in [5.41, 5.74) is 0.432. The smallest absolute Gasteiger partial charge is 0.274 e. The second kappa shape index (κ2) is 7.81. The van der Waals surface area contributed by atoms with Crippen molar-refractivity contribution in [3.05, 3.63) is 58.0 Å². The summed E-state index contributed by atoms with van der Waals surface area (Å²) >= 11 is 0. The molecule has 3 rings (SSSR count). The van der Waals surface area contributed by atoms with E-state index in [2.05, 4.69) is 10.2 Å². The molecule has 0 saturated carbocycles. The topological polar surface area (TPSA) is 95.6 Å². The minimum atomic E-state index is -0.353. The highest BCUT2D eigenvalue weighted by Gasteiger charge is 2.24. The third-order valence-electron chi connectivity index (χ3n) is 4.31. The normalized spacial score (nSPS) is 14.7. The Morgan fingerprint density at radius 3 is 2.19 bits per heavy atom. The van der Waals surface area contributed by atoms with E-state index >= 15 is 0 Å². The minimum Gasteiger partial charge on any atom is -0.497 e. The first-order chi connectivity index (χ1) is 12.6. The zero-order chi connectivity index (χ0) is 18.5. The number of carbonyl (C=O) groups excluding carboxylic acids is 2. The summed E-state index contributed by atoms with van der Waals surface area (Å²) in [6.45, 7) is 1.97. The monoisotopic (exact) mass is 356 g/mol. The molecule has 26 heavy (non-hydrogen) atoms. The Balaban J connectivity index is 1.65. The van der Waals surface area contributed by atoms with Gasteiger partial charge in [0.25, 0.3) is 17.4 Å². The molecule has 136 valence electrons. The highest BCUT2D eigenvalue weighted by Crippen LogP contribution is 2.15. The molecule has 0 radical (unpaired) electrons. The molecular formula is C18H20N4O4. The molecule has 0 bridgehead atoms. The van der Waals surface area contributed by atoms with Crippen molar-refractivity contribution in [1.29, 1.82) is 0 Å². The van der Waals surface area contributed by atoms with Gasteiger partial charge in [-0.2, -0.15) is 5.10 Å². The van der Waals surface area contributed by atoms with Crippen molar-refractivity contribution < 1.29 is 14.3 Å². The first-order valence-electron chi connectivity index (χ1n) is 8.37. The number of carbonyl (C=O) groups is 2. The summed E-state index contributed by atoms with van der Waals surface area (Å²) in [6, 6.07) is 9.66. The third kappa shape index (κ3) is 3.90. The van der Waals surface area contributed by atoms with Crippen molar-refractivity contribution >= 4 is 11.8 Å². The van der Waals surface area contributed by atoms with Gasteiger partial charge in [0.1, 0.15) is 11.4 Å². The van der Waals surface area contributed by atoms with Crippen LogP contribution in [0.15, 0.2) is 41.2 Å². The van der Waals surface area contributed by atoms with Crippen molar-refractivity contribution in [2.45, 2.75) is 6.42 Å². The number of methoxy groups -OCH3 is 1. The molecule has 0 aliphatic carbocycles. The molecule has 2 amide bonds. The van der Waals surface area contributed by atoms with E-state index in [-0.39, 0.29) is 23.1 Å². The van der Waals surface area contributed by atoms with Crippen LogP contribution in [0.5, 0.6) is 5.75 Å². The number of ether oxygens (including phenoxy) is 1. The lowest BCUT2D eigenvalue weighted by molar-refractivity contribution is 0.0715. The first-order valence-corrected chi connectivity index (χ1v) is 8.37. The van der Waals surface area contributed by atoms with Crippen LogP contribution in [-0.4, -0.2) is 65.1 Å². The van der Waals surface area contributed by atoms with Crippen molar-refractivity contribution in [3.8, 4) is 5.75 Å². The second-order valence-electron chi connectivity index (χ2n) is 5.97. The van der Waals surface area contributed by atoms with E-state index in [9.17, 15) is 14.4 Å². The standard InChI is InChI=1S/C18H20N4O4/c1-26-14-5-3-13(4-6-14)17(24)21-9-2-10-22(12-11-21)18(25)15-7-8-16(23)20-19-15/h3-8H,2,9-12H2,1H3,(H,20,23). The van der Waals surface area contributed by atoms with Gasteiger partial charge in [-0.15, -0.1) is 0 Å². The molecular weight excluding hydrogens is 336 g/mol. The van der Waals surface area contributed by atoms with Crippen LogP contribution in [0.1, 0.15) is 27.3 Å². The van der Waals surface area contributed by atoms with Crippen molar-refractivity contribution in [2.24, 2.45) is 0 Å². The van der Waals surface area contributed by atoms with Crippen LogP contribution >= 0.6 is 0 Å². The van der Waals surface area contributed by atoms with Crippen LogP contribution in [0.4, 0.5) is 0 Å². The summed E-state index contributed by atoms with van der Waals surface area (Å²) < 4.78 is 5.11. The number of H-pyrrole nitrogens is 1. The molecule has 2 heterocycles. The maximum absolute atomic E-state index is 12.7. The summed E-state index contributed by atoms with van der Waals surface area (Å²) in [5, 5.41) is 6.05. The fourth-order valence-electron chi connectivity index (χ4n) is 2.87. The number of hydrogen-bond donors (Lipinski definition) is 1. The number of benzene rings is 1. The van der Waals surface area contributed by atoms with Crippen molar-refractivity contribution in [2.75, 3.05) is 33.3 Å². The number of aromatic nitrogens is 2. The molecule has 1 fully saturated rings. The van der Waals surface area contributed by atoms with Crippen LogP contribution in [0.3, 0.4) is 0 Å². The van der Waals surface area contributed by atoms with Crippen LogP contribution in [0.25, 0.3) is 0 Å². The Morgan fingerprint density at radius 1 is 0.962 bits per heavy atom. The second-order valence-corrected chi connectivity index (χ2v) is 5.97.